The van der Waals surface area contributed by atoms with Gasteiger partial charge in [0.15, 0.2) is 0 Å². The first-order valence-corrected chi connectivity index (χ1v) is 7.33. The van der Waals surface area contributed by atoms with Crippen LogP contribution < -0.4 is 0 Å². The van der Waals surface area contributed by atoms with Gasteiger partial charge in [-0.05, 0) is 28.1 Å². The Hall–Kier alpha value is -2.28. The van der Waals surface area contributed by atoms with Crippen LogP contribution in [0.15, 0.2) is 85.1 Å². The molecule has 0 N–H and O–H groups in total. The van der Waals surface area contributed by atoms with Crippen molar-refractivity contribution in [1.29, 1.82) is 0 Å². The molecule has 0 saturated heterocycles. The molecule has 0 aliphatic carbocycles. The van der Waals surface area contributed by atoms with Gasteiger partial charge in [-0.15, -0.1) is 35.4 Å². The fourth-order valence-electron chi connectivity index (χ4n) is 2.75. The van der Waals surface area contributed by atoms with Crippen molar-refractivity contribution in [3.8, 4) is 22.4 Å². The number of pyridine rings is 1. The number of benzene rings is 3. The maximum absolute atomic E-state index is 4.58. The van der Waals surface area contributed by atoms with Crippen molar-refractivity contribution in [3.63, 3.8) is 0 Å². The average molecular weight is 473 g/mol. The molecule has 0 aliphatic rings. The number of aromatic nitrogens is 1. The third kappa shape index (κ3) is 3.10. The summed E-state index contributed by atoms with van der Waals surface area (Å²) in [7, 11) is 0. The molecule has 4 rings (SSSR count). The number of hydrogen-bond donors (Lipinski definition) is 0. The first kappa shape index (κ1) is 15.6. The van der Waals surface area contributed by atoms with Gasteiger partial charge in [-0.25, -0.2) is 0 Å². The summed E-state index contributed by atoms with van der Waals surface area (Å²) < 4.78 is 0. The standard InChI is InChI=1S/C21H14N.Ir/c1-2-7-16(8-3-1)18-10-6-11-19(15-18)21-20-12-5-4-9-17(20)13-14-22-21;/h1-10,12-15H;/q-1;. The second-order valence-corrected chi connectivity index (χ2v) is 5.24. The van der Waals surface area contributed by atoms with E-state index in [2.05, 4.69) is 71.7 Å². The summed E-state index contributed by atoms with van der Waals surface area (Å²) in [6.07, 6.45) is 1.86. The van der Waals surface area contributed by atoms with Crippen LogP contribution in [0.1, 0.15) is 0 Å². The quantitative estimate of drug-likeness (QED) is 0.358. The van der Waals surface area contributed by atoms with Crippen LogP contribution in [0.4, 0.5) is 0 Å². The zero-order valence-corrected chi connectivity index (χ0v) is 14.8. The molecule has 3 aromatic carbocycles. The van der Waals surface area contributed by atoms with Crippen molar-refractivity contribution in [3.05, 3.63) is 91.1 Å². The molecule has 0 amide bonds. The van der Waals surface area contributed by atoms with Crippen molar-refractivity contribution < 1.29 is 20.1 Å². The smallest absolute Gasteiger partial charge is 0.0167 e. The van der Waals surface area contributed by atoms with Gasteiger partial charge in [-0.2, -0.15) is 0 Å². The topological polar surface area (TPSA) is 12.9 Å². The molecule has 0 bridgehead atoms. The van der Waals surface area contributed by atoms with Gasteiger partial charge in [-0.1, -0.05) is 54.6 Å². The van der Waals surface area contributed by atoms with Crippen molar-refractivity contribution in [2.45, 2.75) is 0 Å². The second kappa shape index (κ2) is 6.87. The molecule has 23 heavy (non-hydrogen) atoms. The fraction of sp³-hybridized carbons (Fsp3) is 0. The van der Waals surface area contributed by atoms with E-state index in [0.29, 0.717) is 0 Å². The molecule has 0 saturated carbocycles. The van der Waals surface area contributed by atoms with E-state index in [1.54, 1.807) is 0 Å². The van der Waals surface area contributed by atoms with Crippen LogP contribution in [-0.2, 0) is 20.1 Å². The van der Waals surface area contributed by atoms with E-state index in [-0.39, 0.29) is 20.1 Å². The Morgan fingerprint density at radius 2 is 1.52 bits per heavy atom. The normalized spacial score (nSPS) is 10.3. The van der Waals surface area contributed by atoms with Crippen LogP contribution >= 0.6 is 0 Å². The van der Waals surface area contributed by atoms with Crippen molar-refractivity contribution in [2.75, 3.05) is 0 Å². The monoisotopic (exact) mass is 473 g/mol. The van der Waals surface area contributed by atoms with Crippen LogP contribution in [0.25, 0.3) is 33.2 Å². The molecule has 1 radical (unpaired) electrons. The number of rotatable bonds is 2. The molecule has 4 aromatic rings. The van der Waals surface area contributed by atoms with E-state index >= 15 is 0 Å². The Bertz CT molecular complexity index is 927. The number of hydrogen-bond acceptors (Lipinski definition) is 1. The summed E-state index contributed by atoms with van der Waals surface area (Å²) in [4.78, 5) is 4.58. The summed E-state index contributed by atoms with van der Waals surface area (Å²) in [5.41, 5.74) is 4.40. The molecule has 0 unspecified atom stereocenters. The van der Waals surface area contributed by atoms with Crippen LogP contribution in [0, 0.1) is 6.07 Å². The predicted octanol–water partition coefficient (Wildman–Crippen LogP) is 5.37. The van der Waals surface area contributed by atoms with Crippen molar-refractivity contribution in [2.24, 2.45) is 0 Å². The third-order valence-corrected chi connectivity index (χ3v) is 3.84. The third-order valence-electron chi connectivity index (χ3n) is 3.84. The van der Waals surface area contributed by atoms with E-state index in [1.807, 2.05) is 24.4 Å². The maximum Gasteiger partial charge on any atom is 0.0167 e. The van der Waals surface area contributed by atoms with Gasteiger partial charge in [0.05, 0.1) is 0 Å². The second-order valence-electron chi connectivity index (χ2n) is 5.24. The number of fused-ring (bicyclic) bond motifs is 1. The zero-order valence-electron chi connectivity index (χ0n) is 12.4. The van der Waals surface area contributed by atoms with E-state index < -0.39 is 0 Å². The maximum atomic E-state index is 4.58. The summed E-state index contributed by atoms with van der Waals surface area (Å²) in [5, 5.41) is 2.36. The van der Waals surface area contributed by atoms with Crippen LogP contribution in [-0.4, -0.2) is 4.98 Å². The van der Waals surface area contributed by atoms with Crippen molar-refractivity contribution >= 4 is 10.8 Å². The van der Waals surface area contributed by atoms with E-state index in [0.717, 1.165) is 16.6 Å². The Labute approximate surface area is 149 Å². The van der Waals surface area contributed by atoms with E-state index in [4.69, 9.17) is 0 Å². The van der Waals surface area contributed by atoms with Gasteiger partial charge in [0.1, 0.15) is 0 Å². The summed E-state index contributed by atoms with van der Waals surface area (Å²) in [6.45, 7) is 0. The molecule has 2 heteroatoms. The summed E-state index contributed by atoms with van der Waals surface area (Å²) in [6, 6.07) is 30.3. The van der Waals surface area contributed by atoms with Gasteiger partial charge in [0.2, 0.25) is 0 Å². The summed E-state index contributed by atoms with van der Waals surface area (Å²) >= 11 is 0. The Morgan fingerprint density at radius 1 is 0.739 bits per heavy atom. The molecule has 0 spiro atoms. The molecule has 1 nitrogen and oxygen atoms in total. The SMILES string of the molecule is [Ir].[c-]1ccc(-c2ccccc2)cc1-c1nccc2ccccc12. The van der Waals surface area contributed by atoms with Gasteiger partial charge < -0.3 is 4.98 Å². The average Bonchev–Trinajstić information content (AvgIpc) is 2.62. The van der Waals surface area contributed by atoms with Crippen LogP contribution in [0.2, 0.25) is 0 Å². The van der Waals surface area contributed by atoms with Gasteiger partial charge in [0, 0.05) is 26.3 Å². The van der Waals surface area contributed by atoms with E-state index in [9.17, 15) is 0 Å². The molecular weight excluding hydrogens is 458 g/mol. The minimum atomic E-state index is 0. The molecule has 1 heterocycles. The summed E-state index contributed by atoms with van der Waals surface area (Å²) in [5.74, 6) is 0. The molecule has 0 aliphatic heterocycles. The fourth-order valence-corrected chi connectivity index (χ4v) is 2.75. The first-order valence-electron chi connectivity index (χ1n) is 7.33. The molecular formula is C21H14IrN-. The van der Waals surface area contributed by atoms with Gasteiger partial charge >= 0.3 is 0 Å². The van der Waals surface area contributed by atoms with Crippen LogP contribution in [0.5, 0.6) is 0 Å². The minimum Gasteiger partial charge on any atom is -0.304 e. The zero-order chi connectivity index (χ0) is 14.8. The molecule has 0 fully saturated rings. The number of nitrogens with zero attached hydrogens (tertiary/aromatic N) is 1. The van der Waals surface area contributed by atoms with E-state index in [1.165, 1.54) is 16.5 Å². The van der Waals surface area contributed by atoms with Gasteiger partial charge in [-0.3, -0.25) is 0 Å². The Morgan fingerprint density at radius 3 is 2.39 bits per heavy atom. The van der Waals surface area contributed by atoms with Gasteiger partial charge in [0.25, 0.3) is 0 Å². The molecule has 113 valence electrons. The Kier molecular flexibility index (Phi) is 4.66. The largest absolute Gasteiger partial charge is 0.304 e. The first-order chi connectivity index (χ1) is 10.9. The van der Waals surface area contributed by atoms with Crippen LogP contribution in [0.3, 0.4) is 0 Å². The van der Waals surface area contributed by atoms with Crippen molar-refractivity contribution in [1.82, 2.24) is 4.98 Å². The molecule has 1 aromatic heterocycles. The minimum absolute atomic E-state index is 0. The predicted molar refractivity (Wildman–Crippen MR) is 91.5 cm³/mol. The Balaban J connectivity index is 0.00000156. The molecule has 0 atom stereocenters.